The monoisotopic (exact) mass is 298 g/mol. The van der Waals surface area contributed by atoms with Crippen LogP contribution in [-0.2, 0) is 15.8 Å². The average Bonchev–Trinajstić information content (AvgIpc) is 2.87. The molecule has 2 fully saturated rings. The van der Waals surface area contributed by atoms with Crippen molar-refractivity contribution in [2.24, 2.45) is 0 Å². The number of alkyl halides is 3. The van der Waals surface area contributed by atoms with Crippen molar-refractivity contribution in [3.05, 3.63) is 35.4 Å². The lowest BCUT2D eigenvalue weighted by Crippen LogP contribution is -2.56. The second-order valence-corrected chi connectivity index (χ2v) is 5.28. The van der Waals surface area contributed by atoms with Gasteiger partial charge in [0.15, 0.2) is 0 Å². The SMILES string of the molecule is O=C1NC(=O)[C@H](c2cccc(C(F)(F)F)c2)N2CCC[C@H]12. The number of carbonyl (C=O) groups is 2. The number of hydrogen-bond donors (Lipinski definition) is 1. The molecule has 2 amide bonds. The minimum atomic E-state index is -4.46. The van der Waals surface area contributed by atoms with Crippen molar-refractivity contribution in [1.82, 2.24) is 10.2 Å². The molecule has 2 saturated heterocycles. The lowest BCUT2D eigenvalue weighted by Gasteiger charge is -2.36. The topological polar surface area (TPSA) is 49.4 Å². The Balaban J connectivity index is 1.99. The Labute approximate surface area is 118 Å². The van der Waals surface area contributed by atoms with Crippen molar-refractivity contribution < 1.29 is 22.8 Å². The van der Waals surface area contributed by atoms with E-state index in [2.05, 4.69) is 5.32 Å². The third-order valence-electron chi connectivity index (χ3n) is 3.95. The number of nitrogens with zero attached hydrogens (tertiary/aromatic N) is 1. The molecule has 1 N–H and O–H groups in total. The largest absolute Gasteiger partial charge is 0.416 e. The van der Waals surface area contributed by atoms with Crippen LogP contribution in [0.2, 0.25) is 0 Å². The minimum absolute atomic E-state index is 0.265. The molecule has 21 heavy (non-hydrogen) atoms. The van der Waals surface area contributed by atoms with Crippen LogP contribution in [0.15, 0.2) is 24.3 Å². The Hall–Kier alpha value is -1.89. The molecule has 112 valence electrons. The predicted octanol–water partition coefficient (Wildman–Crippen LogP) is 1.87. The van der Waals surface area contributed by atoms with E-state index in [9.17, 15) is 22.8 Å². The smallest absolute Gasteiger partial charge is 0.293 e. The number of nitrogens with one attached hydrogen (secondary N) is 1. The highest BCUT2D eigenvalue weighted by molar-refractivity contribution is 6.03. The van der Waals surface area contributed by atoms with Crippen molar-refractivity contribution in [2.75, 3.05) is 6.54 Å². The number of imide groups is 1. The van der Waals surface area contributed by atoms with E-state index in [1.807, 2.05) is 0 Å². The standard InChI is InChI=1S/C14H13F3N2O2/c15-14(16,17)9-4-1-3-8(7-9)11-13(21)18-12(20)10-5-2-6-19(10)11/h1,3-4,7,10-11H,2,5-6H2,(H,18,20,21)/t10-,11+/m1/s1. The molecule has 2 atom stereocenters. The van der Waals surface area contributed by atoms with Crippen LogP contribution in [0, 0.1) is 0 Å². The normalized spacial score (nSPS) is 26.6. The number of hydrogen-bond acceptors (Lipinski definition) is 3. The lowest BCUT2D eigenvalue weighted by atomic mass is 9.98. The van der Waals surface area contributed by atoms with Crippen LogP contribution >= 0.6 is 0 Å². The molecule has 0 bridgehead atoms. The third kappa shape index (κ3) is 2.42. The molecular formula is C14H13F3N2O2. The average molecular weight is 298 g/mol. The third-order valence-corrected chi connectivity index (χ3v) is 3.95. The summed E-state index contributed by atoms with van der Waals surface area (Å²) in [6, 6.07) is 3.46. The van der Waals surface area contributed by atoms with Crippen molar-refractivity contribution in [1.29, 1.82) is 0 Å². The van der Waals surface area contributed by atoms with Gasteiger partial charge in [0, 0.05) is 6.54 Å². The van der Waals surface area contributed by atoms with Crippen LogP contribution in [0.4, 0.5) is 13.2 Å². The molecule has 3 rings (SSSR count). The molecule has 2 aliphatic heterocycles. The Kier molecular flexibility index (Phi) is 3.24. The van der Waals surface area contributed by atoms with E-state index in [1.165, 1.54) is 12.1 Å². The van der Waals surface area contributed by atoms with Crippen LogP contribution in [0.25, 0.3) is 0 Å². The van der Waals surface area contributed by atoms with E-state index < -0.39 is 29.7 Å². The summed E-state index contributed by atoms with van der Waals surface area (Å²) in [5.74, 6) is -0.918. The van der Waals surface area contributed by atoms with Crippen LogP contribution in [0.1, 0.15) is 30.0 Å². The predicted molar refractivity (Wildman–Crippen MR) is 67.1 cm³/mol. The Bertz CT molecular complexity index is 600. The fourth-order valence-electron chi connectivity index (χ4n) is 3.03. The Morgan fingerprint density at radius 3 is 2.67 bits per heavy atom. The highest BCUT2D eigenvalue weighted by atomic mass is 19.4. The van der Waals surface area contributed by atoms with Crippen molar-refractivity contribution in [3.63, 3.8) is 0 Å². The molecule has 2 heterocycles. The van der Waals surface area contributed by atoms with Crippen molar-refractivity contribution in [2.45, 2.75) is 31.1 Å². The van der Waals surface area contributed by atoms with Crippen molar-refractivity contribution >= 4 is 11.8 Å². The Morgan fingerprint density at radius 2 is 1.95 bits per heavy atom. The van der Waals surface area contributed by atoms with E-state index in [1.54, 1.807) is 4.90 Å². The van der Waals surface area contributed by atoms with Crippen LogP contribution in [0.3, 0.4) is 0 Å². The van der Waals surface area contributed by atoms with Gasteiger partial charge < -0.3 is 0 Å². The zero-order valence-electron chi connectivity index (χ0n) is 11.0. The van der Waals surface area contributed by atoms with Crippen LogP contribution in [-0.4, -0.2) is 29.3 Å². The van der Waals surface area contributed by atoms with Crippen molar-refractivity contribution in [3.8, 4) is 0 Å². The molecule has 0 aliphatic carbocycles. The maximum absolute atomic E-state index is 12.8. The van der Waals surface area contributed by atoms with Crippen LogP contribution in [0.5, 0.6) is 0 Å². The molecule has 0 spiro atoms. The highest BCUT2D eigenvalue weighted by Crippen LogP contribution is 2.35. The molecule has 0 aromatic heterocycles. The second kappa shape index (κ2) is 4.84. The summed E-state index contributed by atoms with van der Waals surface area (Å²) in [5.41, 5.74) is -0.526. The number of fused-ring (bicyclic) bond motifs is 1. The number of rotatable bonds is 1. The molecular weight excluding hydrogens is 285 g/mol. The molecule has 1 aromatic carbocycles. The van der Waals surface area contributed by atoms with E-state index >= 15 is 0 Å². The lowest BCUT2D eigenvalue weighted by molar-refractivity contribution is -0.144. The van der Waals surface area contributed by atoms with Gasteiger partial charge in [0.05, 0.1) is 11.6 Å². The number of piperazine rings is 1. The fourth-order valence-corrected chi connectivity index (χ4v) is 3.03. The van der Waals surface area contributed by atoms with Gasteiger partial charge in [-0.1, -0.05) is 12.1 Å². The summed E-state index contributed by atoms with van der Waals surface area (Å²) in [7, 11) is 0. The van der Waals surface area contributed by atoms with Gasteiger partial charge in [-0.15, -0.1) is 0 Å². The minimum Gasteiger partial charge on any atom is -0.293 e. The summed E-state index contributed by atoms with van der Waals surface area (Å²) in [5, 5.41) is 2.26. The van der Waals surface area contributed by atoms with E-state index in [0.717, 1.165) is 18.6 Å². The number of carbonyl (C=O) groups excluding carboxylic acids is 2. The summed E-state index contributed by atoms with van der Waals surface area (Å²) in [6.07, 6.45) is -3.09. The maximum Gasteiger partial charge on any atom is 0.416 e. The Morgan fingerprint density at radius 1 is 1.19 bits per heavy atom. The molecule has 4 nitrogen and oxygen atoms in total. The number of halogens is 3. The summed E-state index contributed by atoms with van der Waals surface area (Å²) < 4.78 is 38.4. The van der Waals surface area contributed by atoms with Gasteiger partial charge in [-0.05, 0) is 30.5 Å². The van der Waals surface area contributed by atoms with Gasteiger partial charge in [-0.2, -0.15) is 13.2 Å². The van der Waals surface area contributed by atoms with Gasteiger partial charge in [-0.3, -0.25) is 19.8 Å². The second-order valence-electron chi connectivity index (χ2n) is 5.28. The zero-order valence-corrected chi connectivity index (χ0v) is 11.0. The summed E-state index contributed by atoms with van der Waals surface area (Å²) in [4.78, 5) is 25.5. The van der Waals surface area contributed by atoms with E-state index in [-0.39, 0.29) is 11.5 Å². The van der Waals surface area contributed by atoms with Gasteiger partial charge in [-0.25, -0.2) is 0 Å². The van der Waals surface area contributed by atoms with E-state index in [4.69, 9.17) is 0 Å². The molecule has 7 heteroatoms. The highest BCUT2D eigenvalue weighted by Gasteiger charge is 2.45. The quantitative estimate of drug-likeness (QED) is 0.805. The first-order valence-corrected chi connectivity index (χ1v) is 6.65. The van der Waals surface area contributed by atoms with Crippen LogP contribution < -0.4 is 5.32 Å². The first kappa shape index (κ1) is 14.1. The summed E-state index contributed by atoms with van der Waals surface area (Å²) in [6.45, 7) is 0.532. The first-order valence-electron chi connectivity index (χ1n) is 6.65. The molecule has 1 aromatic rings. The first-order chi connectivity index (χ1) is 9.88. The van der Waals surface area contributed by atoms with Gasteiger partial charge in [0.2, 0.25) is 11.8 Å². The molecule has 0 radical (unpaired) electrons. The van der Waals surface area contributed by atoms with E-state index in [0.29, 0.717) is 13.0 Å². The van der Waals surface area contributed by atoms with Gasteiger partial charge >= 0.3 is 6.18 Å². The maximum atomic E-state index is 12.8. The molecule has 0 unspecified atom stereocenters. The number of amides is 2. The fraction of sp³-hybridized carbons (Fsp3) is 0.429. The van der Waals surface area contributed by atoms with Gasteiger partial charge in [0.25, 0.3) is 0 Å². The van der Waals surface area contributed by atoms with Gasteiger partial charge in [0.1, 0.15) is 6.04 Å². The molecule has 0 saturated carbocycles. The zero-order chi connectivity index (χ0) is 15.2. The summed E-state index contributed by atoms with van der Waals surface area (Å²) >= 11 is 0. The molecule has 2 aliphatic rings. The number of benzene rings is 1.